The molecule has 0 heterocycles. The lowest BCUT2D eigenvalue weighted by Crippen LogP contribution is -1.97. The second kappa shape index (κ2) is 5.44. The Labute approximate surface area is 115 Å². The minimum absolute atomic E-state index is 1.15. The van der Waals surface area contributed by atoms with Crippen LogP contribution in [-0.2, 0) is 0 Å². The molecule has 0 amide bonds. The lowest BCUT2D eigenvalue weighted by atomic mass is 9.88. The Morgan fingerprint density at radius 1 is 0.842 bits per heavy atom. The third kappa shape index (κ3) is 2.78. The molecule has 96 valence electrons. The number of rotatable bonds is 2. The number of aryl methyl sites for hydroxylation is 1. The van der Waals surface area contributed by atoms with Gasteiger partial charge in [0, 0.05) is 0 Å². The number of allylic oxidation sites excluding steroid dienone is 8. The second-order valence-corrected chi connectivity index (χ2v) is 5.39. The van der Waals surface area contributed by atoms with Crippen molar-refractivity contribution in [2.45, 2.75) is 32.6 Å². The molecule has 0 nitrogen and oxygen atoms in total. The average Bonchev–Trinajstić information content (AvgIpc) is 2.49. The zero-order valence-corrected chi connectivity index (χ0v) is 11.5. The monoisotopic (exact) mass is 248 g/mol. The molecular weight excluding hydrogens is 228 g/mol. The molecular formula is C19H20. The van der Waals surface area contributed by atoms with Gasteiger partial charge in [-0.25, -0.2) is 0 Å². The average molecular weight is 248 g/mol. The number of benzene rings is 1. The van der Waals surface area contributed by atoms with E-state index in [9.17, 15) is 0 Å². The van der Waals surface area contributed by atoms with Crippen molar-refractivity contribution in [2.24, 2.45) is 0 Å². The van der Waals surface area contributed by atoms with Crippen LogP contribution in [0.5, 0.6) is 0 Å². The lowest BCUT2D eigenvalue weighted by molar-refractivity contribution is 0.962. The van der Waals surface area contributed by atoms with Crippen LogP contribution in [0, 0.1) is 6.92 Å². The van der Waals surface area contributed by atoms with E-state index in [4.69, 9.17) is 0 Å². The summed E-state index contributed by atoms with van der Waals surface area (Å²) in [5.41, 5.74) is 7.09. The summed E-state index contributed by atoms with van der Waals surface area (Å²) in [6.45, 7) is 2.14. The van der Waals surface area contributed by atoms with Crippen molar-refractivity contribution in [3.63, 3.8) is 0 Å². The third-order valence-corrected chi connectivity index (χ3v) is 3.94. The van der Waals surface area contributed by atoms with E-state index < -0.39 is 0 Å². The molecule has 1 aromatic rings. The van der Waals surface area contributed by atoms with E-state index in [1.165, 1.54) is 40.7 Å². The first-order chi connectivity index (χ1) is 9.33. The van der Waals surface area contributed by atoms with E-state index in [-0.39, 0.29) is 0 Å². The van der Waals surface area contributed by atoms with Crippen LogP contribution < -0.4 is 0 Å². The van der Waals surface area contributed by atoms with Gasteiger partial charge in [0.2, 0.25) is 0 Å². The summed E-state index contributed by atoms with van der Waals surface area (Å²) in [6.07, 6.45) is 16.2. The predicted molar refractivity (Wildman–Crippen MR) is 82.9 cm³/mol. The van der Waals surface area contributed by atoms with Crippen LogP contribution in [-0.4, -0.2) is 0 Å². The fraction of sp³-hybridized carbons (Fsp3) is 0.263. The Hall–Kier alpha value is -1.82. The molecule has 0 fully saturated rings. The van der Waals surface area contributed by atoms with Crippen LogP contribution in [0.4, 0.5) is 0 Å². The quantitative estimate of drug-likeness (QED) is 0.659. The number of hydrogen-bond donors (Lipinski definition) is 0. The highest BCUT2D eigenvalue weighted by atomic mass is 14.2. The van der Waals surface area contributed by atoms with E-state index in [0.29, 0.717) is 0 Å². The van der Waals surface area contributed by atoms with Crippen molar-refractivity contribution in [3.8, 4) is 0 Å². The molecule has 0 N–H and O–H groups in total. The van der Waals surface area contributed by atoms with Gasteiger partial charge in [-0.15, -0.1) is 0 Å². The van der Waals surface area contributed by atoms with Crippen molar-refractivity contribution in [3.05, 3.63) is 76.9 Å². The van der Waals surface area contributed by atoms with Gasteiger partial charge in [0.05, 0.1) is 0 Å². The Morgan fingerprint density at radius 3 is 2.21 bits per heavy atom. The van der Waals surface area contributed by atoms with E-state index in [2.05, 4.69) is 61.6 Å². The van der Waals surface area contributed by atoms with Gasteiger partial charge in [-0.2, -0.15) is 0 Å². The Kier molecular flexibility index (Phi) is 3.50. The molecule has 2 aliphatic carbocycles. The van der Waals surface area contributed by atoms with Crippen molar-refractivity contribution in [2.75, 3.05) is 0 Å². The summed E-state index contributed by atoms with van der Waals surface area (Å²) in [6, 6.07) is 8.86. The van der Waals surface area contributed by atoms with Crippen LogP contribution in [0.1, 0.15) is 36.8 Å². The summed E-state index contributed by atoms with van der Waals surface area (Å²) < 4.78 is 0. The summed E-state index contributed by atoms with van der Waals surface area (Å²) >= 11 is 0. The highest BCUT2D eigenvalue weighted by Crippen LogP contribution is 2.31. The highest BCUT2D eigenvalue weighted by Gasteiger charge is 2.11. The first kappa shape index (κ1) is 12.2. The fourth-order valence-electron chi connectivity index (χ4n) is 2.74. The van der Waals surface area contributed by atoms with Gasteiger partial charge in [-0.1, -0.05) is 60.2 Å². The van der Waals surface area contributed by atoms with Gasteiger partial charge in [0.15, 0.2) is 0 Å². The van der Waals surface area contributed by atoms with E-state index in [0.717, 1.165) is 12.8 Å². The van der Waals surface area contributed by atoms with E-state index in [1.807, 2.05) is 0 Å². The van der Waals surface area contributed by atoms with Crippen molar-refractivity contribution in [1.29, 1.82) is 0 Å². The minimum Gasteiger partial charge on any atom is -0.0836 e. The molecule has 0 spiro atoms. The summed E-state index contributed by atoms with van der Waals surface area (Å²) in [5, 5.41) is 0. The molecule has 0 saturated heterocycles. The van der Waals surface area contributed by atoms with Gasteiger partial charge in [-0.05, 0) is 54.9 Å². The largest absolute Gasteiger partial charge is 0.0836 e. The van der Waals surface area contributed by atoms with Crippen molar-refractivity contribution in [1.82, 2.24) is 0 Å². The normalized spacial score (nSPS) is 18.7. The van der Waals surface area contributed by atoms with Crippen molar-refractivity contribution >= 4 is 5.57 Å². The Bertz CT molecular complexity index is 577. The Balaban J connectivity index is 1.82. The zero-order chi connectivity index (χ0) is 13.1. The molecule has 0 bridgehead atoms. The predicted octanol–water partition coefficient (Wildman–Crippen LogP) is 5.38. The molecule has 0 radical (unpaired) electrons. The SMILES string of the molecule is Cc1ccc(C2=CC=C(C3=CCCC=C3)CC2)cc1. The van der Waals surface area contributed by atoms with Crippen LogP contribution >= 0.6 is 0 Å². The van der Waals surface area contributed by atoms with Gasteiger partial charge >= 0.3 is 0 Å². The van der Waals surface area contributed by atoms with Gasteiger partial charge in [-0.3, -0.25) is 0 Å². The van der Waals surface area contributed by atoms with Gasteiger partial charge in [0.1, 0.15) is 0 Å². The van der Waals surface area contributed by atoms with Gasteiger partial charge < -0.3 is 0 Å². The summed E-state index contributed by atoms with van der Waals surface area (Å²) in [4.78, 5) is 0. The lowest BCUT2D eigenvalue weighted by Gasteiger charge is -2.17. The maximum Gasteiger partial charge on any atom is -0.0224 e. The van der Waals surface area contributed by atoms with Crippen molar-refractivity contribution < 1.29 is 0 Å². The molecule has 0 aliphatic heterocycles. The molecule has 0 saturated carbocycles. The van der Waals surface area contributed by atoms with Crippen LogP contribution in [0.3, 0.4) is 0 Å². The highest BCUT2D eigenvalue weighted by molar-refractivity contribution is 5.70. The van der Waals surface area contributed by atoms with E-state index >= 15 is 0 Å². The standard InChI is InChI=1S/C19H20/c1-15-7-9-17(10-8-15)19-13-11-18(12-14-19)16-5-3-2-4-6-16/h3,5-11,13H,2,4,12,14H2,1H3. The first-order valence-electron chi connectivity index (χ1n) is 7.17. The minimum atomic E-state index is 1.15. The van der Waals surface area contributed by atoms with Crippen LogP contribution in [0.2, 0.25) is 0 Å². The topological polar surface area (TPSA) is 0 Å². The fourth-order valence-corrected chi connectivity index (χ4v) is 2.74. The second-order valence-electron chi connectivity index (χ2n) is 5.39. The van der Waals surface area contributed by atoms with Crippen LogP contribution in [0.25, 0.3) is 5.57 Å². The Morgan fingerprint density at radius 2 is 1.58 bits per heavy atom. The zero-order valence-electron chi connectivity index (χ0n) is 11.5. The maximum absolute atomic E-state index is 2.37. The summed E-state index contributed by atoms with van der Waals surface area (Å²) in [7, 11) is 0. The maximum atomic E-state index is 2.37. The van der Waals surface area contributed by atoms with E-state index in [1.54, 1.807) is 0 Å². The molecule has 3 rings (SSSR count). The molecule has 0 aromatic heterocycles. The molecule has 1 aromatic carbocycles. The molecule has 2 aliphatic rings. The molecule has 0 heteroatoms. The number of hydrogen-bond acceptors (Lipinski definition) is 0. The van der Waals surface area contributed by atoms with Gasteiger partial charge in [0.25, 0.3) is 0 Å². The third-order valence-electron chi connectivity index (χ3n) is 3.94. The molecule has 0 unspecified atom stereocenters. The summed E-state index contributed by atoms with van der Waals surface area (Å²) in [5.74, 6) is 0. The first-order valence-corrected chi connectivity index (χ1v) is 7.17. The molecule has 19 heavy (non-hydrogen) atoms. The molecule has 0 atom stereocenters. The smallest absolute Gasteiger partial charge is 0.0224 e. The van der Waals surface area contributed by atoms with Crippen LogP contribution in [0.15, 0.2) is 65.8 Å².